The summed E-state index contributed by atoms with van der Waals surface area (Å²) in [6.45, 7) is -1.77. The molecule has 1 aliphatic rings. The molecule has 0 fully saturated rings. The lowest BCUT2D eigenvalue weighted by atomic mass is 10.2. The molecule has 3 N–H and O–H groups in total. The number of nitrogens with zero attached hydrogens (tertiary/aromatic N) is 2. The average molecular weight is 393 g/mol. The monoisotopic (exact) mass is 392 g/mol. The van der Waals surface area contributed by atoms with Crippen LogP contribution in [0.4, 0.5) is 17.6 Å². The minimum absolute atomic E-state index is 0. The standard InChI is InChI=1S/C16H16F4N4O.ClH/c17-11-5-4-9(6-12(11)18)24-13-3-1-2-10(13)14(23-24)15(25)22-8-16(19,20)7-21;/h4-6H,1-3,7-8,21H2,(H,22,25);1H. The van der Waals surface area contributed by atoms with Crippen molar-refractivity contribution in [3.8, 4) is 5.69 Å². The summed E-state index contributed by atoms with van der Waals surface area (Å²) in [5, 5.41) is 6.26. The van der Waals surface area contributed by atoms with Gasteiger partial charge in [0, 0.05) is 17.3 Å². The van der Waals surface area contributed by atoms with E-state index < -0.39 is 36.6 Å². The van der Waals surface area contributed by atoms with Crippen LogP contribution in [-0.4, -0.2) is 34.7 Å². The van der Waals surface area contributed by atoms with Crippen LogP contribution in [-0.2, 0) is 12.8 Å². The van der Waals surface area contributed by atoms with Gasteiger partial charge >= 0.3 is 0 Å². The zero-order valence-corrected chi connectivity index (χ0v) is 14.4. The molecule has 0 spiro atoms. The number of rotatable bonds is 5. The number of halogens is 5. The van der Waals surface area contributed by atoms with Crippen LogP contribution in [0.25, 0.3) is 5.69 Å². The second kappa shape index (κ2) is 7.63. The van der Waals surface area contributed by atoms with Gasteiger partial charge in [0.25, 0.3) is 11.8 Å². The van der Waals surface area contributed by atoms with Crippen molar-refractivity contribution >= 4 is 18.3 Å². The number of hydrogen-bond donors (Lipinski definition) is 2. The first-order chi connectivity index (χ1) is 11.8. The lowest BCUT2D eigenvalue weighted by Crippen LogP contribution is -2.41. The smallest absolute Gasteiger partial charge is 0.277 e. The first kappa shape index (κ1) is 20.2. The SMILES string of the molecule is Cl.NCC(F)(F)CNC(=O)c1nn(-c2ccc(F)c(F)c2)c2c1CCC2. The summed E-state index contributed by atoms with van der Waals surface area (Å²) >= 11 is 0. The Morgan fingerprint density at radius 2 is 2.00 bits per heavy atom. The number of carbonyl (C=O) groups excluding carboxylic acids is 1. The largest absolute Gasteiger partial charge is 0.345 e. The maximum Gasteiger partial charge on any atom is 0.277 e. The van der Waals surface area contributed by atoms with E-state index >= 15 is 0 Å². The van der Waals surface area contributed by atoms with Gasteiger partial charge in [-0.3, -0.25) is 4.79 Å². The highest BCUT2D eigenvalue weighted by Crippen LogP contribution is 2.28. The summed E-state index contributed by atoms with van der Waals surface area (Å²) < 4.78 is 54.4. The number of carbonyl (C=O) groups is 1. The number of aromatic nitrogens is 2. The number of amides is 1. The molecule has 0 aliphatic heterocycles. The highest BCUT2D eigenvalue weighted by Gasteiger charge is 2.31. The zero-order valence-electron chi connectivity index (χ0n) is 13.6. The van der Waals surface area contributed by atoms with Crippen molar-refractivity contribution in [2.45, 2.75) is 25.2 Å². The second-order valence-electron chi connectivity index (χ2n) is 5.88. The maximum absolute atomic E-state index is 13.5. The van der Waals surface area contributed by atoms with E-state index in [1.54, 1.807) is 0 Å². The summed E-state index contributed by atoms with van der Waals surface area (Å²) in [5.74, 6) is -5.97. The van der Waals surface area contributed by atoms with Crippen LogP contribution >= 0.6 is 12.4 Å². The second-order valence-corrected chi connectivity index (χ2v) is 5.88. The Balaban J connectivity index is 0.00000243. The van der Waals surface area contributed by atoms with Crippen molar-refractivity contribution in [1.82, 2.24) is 15.1 Å². The van der Waals surface area contributed by atoms with E-state index in [1.807, 2.05) is 0 Å². The molecule has 2 aromatic rings. The van der Waals surface area contributed by atoms with Crippen LogP contribution in [0.5, 0.6) is 0 Å². The summed E-state index contributed by atoms with van der Waals surface area (Å²) in [6, 6.07) is 3.29. The van der Waals surface area contributed by atoms with Crippen molar-refractivity contribution in [2.75, 3.05) is 13.1 Å². The third kappa shape index (κ3) is 3.83. The highest BCUT2D eigenvalue weighted by atomic mass is 35.5. The maximum atomic E-state index is 13.5. The molecule has 0 bridgehead atoms. The van der Waals surface area contributed by atoms with Gasteiger partial charge in [0.2, 0.25) is 0 Å². The molecule has 26 heavy (non-hydrogen) atoms. The Hall–Kier alpha value is -2.13. The third-order valence-electron chi connectivity index (χ3n) is 4.10. The van der Waals surface area contributed by atoms with E-state index in [-0.39, 0.29) is 23.8 Å². The van der Waals surface area contributed by atoms with Crippen LogP contribution in [0.3, 0.4) is 0 Å². The molecule has 0 atom stereocenters. The lowest BCUT2D eigenvalue weighted by molar-refractivity contribution is 0.0118. The Kier molecular flexibility index (Phi) is 5.92. The molecule has 142 valence electrons. The first-order valence-electron chi connectivity index (χ1n) is 7.74. The molecular weight excluding hydrogens is 376 g/mol. The van der Waals surface area contributed by atoms with E-state index in [0.29, 0.717) is 24.1 Å². The fourth-order valence-electron chi connectivity index (χ4n) is 2.82. The van der Waals surface area contributed by atoms with E-state index in [2.05, 4.69) is 10.4 Å². The Morgan fingerprint density at radius 1 is 1.27 bits per heavy atom. The van der Waals surface area contributed by atoms with Gasteiger partial charge in [0.15, 0.2) is 17.3 Å². The fraction of sp³-hybridized carbons (Fsp3) is 0.375. The molecule has 1 amide bonds. The Bertz CT molecular complexity index is 825. The number of nitrogens with one attached hydrogen (secondary N) is 1. The molecular formula is C16H17ClF4N4O. The predicted molar refractivity (Wildman–Crippen MR) is 89.1 cm³/mol. The topological polar surface area (TPSA) is 72.9 Å². The van der Waals surface area contributed by atoms with Gasteiger partial charge in [-0.2, -0.15) is 5.10 Å². The zero-order chi connectivity index (χ0) is 18.2. The summed E-state index contributed by atoms with van der Waals surface area (Å²) in [4.78, 5) is 12.2. The molecule has 10 heteroatoms. The summed E-state index contributed by atoms with van der Waals surface area (Å²) in [6.07, 6.45) is 1.93. The van der Waals surface area contributed by atoms with Crippen molar-refractivity contribution in [3.63, 3.8) is 0 Å². The van der Waals surface area contributed by atoms with Crippen LogP contribution in [0.15, 0.2) is 18.2 Å². The molecule has 0 unspecified atom stereocenters. The Labute approximate surface area is 153 Å². The molecule has 0 radical (unpaired) electrons. The number of nitrogens with two attached hydrogens (primary N) is 1. The molecule has 1 aromatic carbocycles. The van der Waals surface area contributed by atoms with E-state index in [0.717, 1.165) is 18.6 Å². The highest BCUT2D eigenvalue weighted by molar-refractivity contribution is 5.94. The minimum Gasteiger partial charge on any atom is -0.345 e. The molecule has 1 heterocycles. The minimum atomic E-state index is -3.21. The average Bonchev–Trinajstić information content (AvgIpc) is 3.18. The normalized spacial score (nSPS) is 13.3. The number of hydrogen-bond acceptors (Lipinski definition) is 3. The van der Waals surface area contributed by atoms with Gasteiger partial charge < -0.3 is 11.1 Å². The van der Waals surface area contributed by atoms with Crippen LogP contribution in [0.1, 0.15) is 28.2 Å². The fourth-order valence-corrected chi connectivity index (χ4v) is 2.82. The molecule has 3 rings (SSSR count). The molecule has 1 aliphatic carbocycles. The van der Waals surface area contributed by atoms with Crippen molar-refractivity contribution < 1.29 is 22.4 Å². The lowest BCUT2D eigenvalue weighted by Gasteiger charge is -2.14. The van der Waals surface area contributed by atoms with Crippen molar-refractivity contribution in [1.29, 1.82) is 0 Å². The first-order valence-corrected chi connectivity index (χ1v) is 7.74. The van der Waals surface area contributed by atoms with E-state index in [1.165, 1.54) is 10.7 Å². The summed E-state index contributed by atoms with van der Waals surface area (Å²) in [5.41, 5.74) is 6.56. The Morgan fingerprint density at radius 3 is 2.65 bits per heavy atom. The number of fused-ring (bicyclic) bond motifs is 1. The van der Waals surface area contributed by atoms with Gasteiger partial charge in [-0.05, 0) is 31.4 Å². The van der Waals surface area contributed by atoms with Gasteiger partial charge in [-0.1, -0.05) is 0 Å². The molecule has 0 saturated carbocycles. The third-order valence-corrected chi connectivity index (χ3v) is 4.10. The van der Waals surface area contributed by atoms with Gasteiger partial charge in [0.1, 0.15) is 0 Å². The van der Waals surface area contributed by atoms with Crippen LogP contribution < -0.4 is 11.1 Å². The summed E-state index contributed by atoms with van der Waals surface area (Å²) in [7, 11) is 0. The predicted octanol–water partition coefficient (Wildman–Crippen LogP) is 2.38. The van der Waals surface area contributed by atoms with E-state index in [9.17, 15) is 22.4 Å². The van der Waals surface area contributed by atoms with Gasteiger partial charge in [-0.25, -0.2) is 22.2 Å². The van der Waals surface area contributed by atoms with Crippen molar-refractivity contribution in [2.24, 2.45) is 5.73 Å². The van der Waals surface area contributed by atoms with Crippen molar-refractivity contribution in [3.05, 3.63) is 46.8 Å². The number of benzene rings is 1. The van der Waals surface area contributed by atoms with E-state index in [4.69, 9.17) is 5.73 Å². The van der Waals surface area contributed by atoms with Gasteiger partial charge in [-0.15, -0.1) is 12.4 Å². The van der Waals surface area contributed by atoms with Crippen LogP contribution in [0, 0.1) is 11.6 Å². The molecule has 1 aromatic heterocycles. The quantitative estimate of drug-likeness (QED) is 0.767. The number of alkyl halides is 2. The molecule has 5 nitrogen and oxygen atoms in total. The molecule has 0 saturated heterocycles. The van der Waals surface area contributed by atoms with Gasteiger partial charge in [0.05, 0.1) is 18.8 Å². The van der Waals surface area contributed by atoms with Crippen LogP contribution in [0.2, 0.25) is 0 Å².